The Labute approximate surface area is 197 Å². The average molecular weight is 490 g/mol. The third-order valence-corrected chi connectivity index (χ3v) is 5.60. The van der Waals surface area contributed by atoms with Gasteiger partial charge in [0, 0.05) is 29.3 Å². The number of carbonyl (C=O) groups is 1. The van der Waals surface area contributed by atoms with Crippen LogP contribution in [-0.4, -0.2) is 54.5 Å². The van der Waals surface area contributed by atoms with Crippen molar-refractivity contribution in [3.63, 3.8) is 0 Å². The van der Waals surface area contributed by atoms with Crippen molar-refractivity contribution < 1.29 is 27.9 Å². The zero-order valence-corrected chi connectivity index (χ0v) is 20.0. The first-order chi connectivity index (χ1) is 16.2. The molecular formula is C22H27N5O6S. The number of ether oxygens (including phenoxy) is 2. The third-order valence-electron chi connectivity index (χ3n) is 5.01. The number of amides is 1. The van der Waals surface area contributed by atoms with Crippen molar-refractivity contribution in [2.45, 2.75) is 32.6 Å². The van der Waals surface area contributed by atoms with E-state index in [0.717, 1.165) is 29.3 Å². The van der Waals surface area contributed by atoms with Gasteiger partial charge in [0.2, 0.25) is 21.8 Å². The summed E-state index contributed by atoms with van der Waals surface area (Å²) in [6.07, 6.45) is 6.45. The molecule has 182 valence electrons. The number of anilines is 1. The van der Waals surface area contributed by atoms with Crippen molar-refractivity contribution in [1.82, 2.24) is 20.4 Å². The molecule has 0 spiro atoms. The number of unbranched alkanes of at least 4 members (excludes halogenated alkanes) is 2. The molecule has 0 saturated heterocycles. The molecule has 34 heavy (non-hydrogen) atoms. The second kappa shape index (κ2) is 11.1. The molecule has 0 aliphatic heterocycles. The van der Waals surface area contributed by atoms with Crippen LogP contribution in [0.15, 0.2) is 30.7 Å². The predicted molar refractivity (Wildman–Crippen MR) is 126 cm³/mol. The molecule has 0 unspecified atom stereocenters. The summed E-state index contributed by atoms with van der Waals surface area (Å²) < 4.78 is 37.2. The minimum Gasteiger partial charge on any atom is -0.491 e. The number of fused-ring (bicyclic) bond motifs is 1. The van der Waals surface area contributed by atoms with Crippen LogP contribution in [0.1, 0.15) is 31.4 Å². The highest BCUT2D eigenvalue weighted by atomic mass is 32.2. The fraction of sp³-hybridized carbons (Fsp3) is 0.364. The zero-order valence-electron chi connectivity index (χ0n) is 19.2. The lowest BCUT2D eigenvalue weighted by atomic mass is 10.0. The summed E-state index contributed by atoms with van der Waals surface area (Å²) in [5.41, 5.74) is 4.66. The van der Waals surface area contributed by atoms with Crippen LogP contribution in [-0.2, 0) is 14.8 Å². The van der Waals surface area contributed by atoms with Gasteiger partial charge in [0.1, 0.15) is 23.3 Å². The predicted octanol–water partition coefficient (Wildman–Crippen LogP) is 2.82. The number of hydroxylamine groups is 1. The Hall–Kier alpha value is -3.51. The number of pyridine rings is 1. The maximum atomic E-state index is 11.8. The van der Waals surface area contributed by atoms with Crippen molar-refractivity contribution >= 4 is 32.5 Å². The van der Waals surface area contributed by atoms with Crippen molar-refractivity contribution in [1.29, 1.82) is 0 Å². The molecule has 2 aromatic heterocycles. The molecule has 11 nitrogen and oxygen atoms in total. The maximum Gasteiger partial charge on any atom is 0.243 e. The summed E-state index contributed by atoms with van der Waals surface area (Å²) in [7, 11) is -2.13. The standard InChI is InChI=1S/C22H27N5O6S/c1-14-17-9-15(16-10-18(27-34(3,30)31)22(32-2)23-12-16)11-19(21(17)25-13-24-14)33-8-6-4-5-7-20(28)26-29/h9-13,27,29H,4-8H2,1-3H3,(H,26,28). The minimum atomic E-state index is -3.54. The highest BCUT2D eigenvalue weighted by molar-refractivity contribution is 7.92. The van der Waals surface area contributed by atoms with Gasteiger partial charge in [-0.3, -0.25) is 14.7 Å². The van der Waals surface area contributed by atoms with Crippen LogP contribution >= 0.6 is 0 Å². The molecule has 0 bridgehead atoms. The average Bonchev–Trinajstić information content (AvgIpc) is 2.80. The molecule has 0 atom stereocenters. The Bertz CT molecular complexity index is 1280. The van der Waals surface area contributed by atoms with Crippen LogP contribution in [0.4, 0.5) is 5.69 Å². The lowest BCUT2D eigenvalue weighted by Crippen LogP contribution is -2.17. The van der Waals surface area contributed by atoms with E-state index in [4.69, 9.17) is 14.7 Å². The highest BCUT2D eigenvalue weighted by Crippen LogP contribution is 2.35. The van der Waals surface area contributed by atoms with Gasteiger partial charge in [0.25, 0.3) is 0 Å². The Kier molecular flexibility index (Phi) is 8.18. The molecule has 3 aromatic rings. The monoisotopic (exact) mass is 489 g/mol. The first-order valence-corrected chi connectivity index (χ1v) is 12.4. The number of carbonyl (C=O) groups excluding carboxylic acids is 1. The molecule has 2 heterocycles. The number of methoxy groups -OCH3 is 1. The quantitative estimate of drug-likeness (QED) is 0.210. The SMILES string of the molecule is COc1ncc(-c2cc(OCCCCCC(=O)NO)c3ncnc(C)c3c2)cc1NS(C)(=O)=O. The van der Waals surface area contributed by atoms with Crippen molar-refractivity contribution in [2.75, 3.05) is 24.7 Å². The molecule has 3 N–H and O–H groups in total. The number of sulfonamides is 1. The molecule has 0 radical (unpaired) electrons. The Morgan fingerprint density at radius 3 is 2.59 bits per heavy atom. The smallest absolute Gasteiger partial charge is 0.243 e. The molecule has 12 heteroatoms. The normalized spacial score (nSPS) is 11.3. The van der Waals surface area contributed by atoms with Gasteiger partial charge >= 0.3 is 0 Å². The number of aryl methyl sites for hydroxylation is 1. The van der Waals surface area contributed by atoms with E-state index in [1.54, 1.807) is 17.7 Å². The van der Waals surface area contributed by atoms with Gasteiger partial charge in [-0.2, -0.15) is 0 Å². The van der Waals surface area contributed by atoms with Gasteiger partial charge in [0.15, 0.2) is 0 Å². The number of hydrogen-bond donors (Lipinski definition) is 3. The summed E-state index contributed by atoms with van der Waals surface area (Å²) in [5.74, 6) is 0.296. The van der Waals surface area contributed by atoms with E-state index < -0.39 is 15.9 Å². The van der Waals surface area contributed by atoms with Crippen LogP contribution in [0.5, 0.6) is 11.6 Å². The van der Waals surface area contributed by atoms with E-state index in [9.17, 15) is 13.2 Å². The largest absolute Gasteiger partial charge is 0.491 e. The summed E-state index contributed by atoms with van der Waals surface area (Å²) in [6, 6.07) is 5.36. The second-order valence-corrected chi connectivity index (χ2v) is 9.43. The molecule has 1 amide bonds. The molecule has 0 aliphatic rings. The Morgan fingerprint density at radius 2 is 1.88 bits per heavy atom. The van der Waals surface area contributed by atoms with Crippen molar-refractivity contribution in [3.8, 4) is 22.8 Å². The van der Waals surface area contributed by atoms with Crippen LogP contribution in [0.3, 0.4) is 0 Å². The molecule has 0 aliphatic carbocycles. The lowest BCUT2D eigenvalue weighted by Gasteiger charge is -2.14. The number of hydrogen-bond acceptors (Lipinski definition) is 9. The van der Waals surface area contributed by atoms with Gasteiger partial charge in [-0.05, 0) is 49.9 Å². The van der Waals surface area contributed by atoms with Crippen molar-refractivity contribution in [3.05, 3.63) is 36.4 Å². The molecular weight excluding hydrogens is 462 g/mol. The van der Waals surface area contributed by atoms with E-state index in [1.165, 1.54) is 13.4 Å². The van der Waals surface area contributed by atoms with Gasteiger partial charge in [0.05, 0.1) is 20.0 Å². The molecule has 0 saturated carbocycles. The number of nitrogens with one attached hydrogen (secondary N) is 2. The van der Waals surface area contributed by atoms with Crippen LogP contribution in [0.2, 0.25) is 0 Å². The topological polar surface area (TPSA) is 153 Å². The third kappa shape index (κ3) is 6.51. The molecule has 1 aromatic carbocycles. The van der Waals surface area contributed by atoms with Crippen LogP contribution in [0.25, 0.3) is 22.0 Å². The molecule has 3 rings (SSSR count). The van der Waals surface area contributed by atoms with E-state index in [0.29, 0.717) is 36.3 Å². The van der Waals surface area contributed by atoms with Crippen molar-refractivity contribution in [2.24, 2.45) is 0 Å². The maximum absolute atomic E-state index is 11.8. The summed E-state index contributed by atoms with van der Waals surface area (Å²) >= 11 is 0. The minimum absolute atomic E-state index is 0.154. The van der Waals surface area contributed by atoms with Crippen LogP contribution < -0.4 is 19.7 Å². The van der Waals surface area contributed by atoms with E-state index in [-0.39, 0.29) is 18.0 Å². The summed E-state index contributed by atoms with van der Waals surface area (Å²) in [6.45, 7) is 2.27. The fourth-order valence-corrected chi connectivity index (χ4v) is 3.93. The number of nitrogens with zero attached hydrogens (tertiary/aromatic N) is 3. The molecule has 0 fully saturated rings. The van der Waals surface area contributed by atoms with Gasteiger partial charge in [-0.15, -0.1) is 0 Å². The highest BCUT2D eigenvalue weighted by Gasteiger charge is 2.15. The summed E-state index contributed by atoms with van der Waals surface area (Å²) in [4.78, 5) is 24.0. The first kappa shape index (κ1) is 25.1. The lowest BCUT2D eigenvalue weighted by molar-refractivity contribution is -0.129. The second-order valence-electron chi connectivity index (χ2n) is 7.68. The van der Waals surface area contributed by atoms with Gasteiger partial charge < -0.3 is 9.47 Å². The van der Waals surface area contributed by atoms with E-state index >= 15 is 0 Å². The van der Waals surface area contributed by atoms with Crippen LogP contribution in [0, 0.1) is 6.92 Å². The Balaban J connectivity index is 1.90. The number of aromatic nitrogens is 3. The summed E-state index contributed by atoms with van der Waals surface area (Å²) in [5, 5.41) is 9.34. The fourth-order valence-electron chi connectivity index (χ4n) is 3.38. The number of rotatable bonds is 11. The Morgan fingerprint density at radius 1 is 1.09 bits per heavy atom. The van der Waals surface area contributed by atoms with Gasteiger partial charge in [-0.1, -0.05) is 0 Å². The zero-order chi connectivity index (χ0) is 24.7. The number of benzene rings is 1. The van der Waals surface area contributed by atoms with E-state index in [2.05, 4.69) is 19.7 Å². The van der Waals surface area contributed by atoms with E-state index in [1.807, 2.05) is 19.1 Å². The first-order valence-electron chi connectivity index (χ1n) is 10.5. The van der Waals surface area contributed by atoms with Gasteiger partial charge in [-0.25, -0.2) is 28.8 Å².